The highest BCUT2D eigenvalue weighted by atomic mass is 32.2. The average Bonchev–Trinajstić information content (AvgIpc) is 2.29. The Morgan fingerprint density at radius 2 is 1.71 bits per heavy atom. The molecule has 0 aromatic carbocycles. The zero-order valence-electron chi connectivity index (χ0n) is 9.84. The summed E-state index contributed by atoms with van der Waals surface area (Å²) in [5.41, 5.74) is 0. The summed E-state index contributed by atoms with van der Waals surface area (Å²) in [5, 5.41) is 9.20. The molecule has 2 fully saturated rings. The summed E-state index contributed by atoms with van der Waals surface area (Å²) in [6.07, 6.45) is 3.64. The van der Waals surface area contributed by atoms with Gasteiger partial charge < -0.3 is 5.11 Å². The van der Waals surface area contributed by atoms with Crippen molar-refractivity contribution in [3.05, 3.63) is 0 Å². The highest BCUT2D eigenvalue weighted by Crippen LogP contribution is 2.29. The van der Waals surface area contributed by atoms with Crippen molar-refractivity contribution in [1.82, 2.24) is 4.90 Å². The van der Waals surface area contributed by atoms with Gasteiger partial charge in [0, 0.05) is 19.1 Å². The lowest BCUT2D eigenvalue weighted by Gasteiger charge is -2.39. The van der Waals surface area contributed by atoms with E-state index in [4.69, 9.17) is 0 Å². The normalized spacial score (nSPS) is 34.4. The van der Waals surface area contributed by atoms with Gasteiger partial charge in [0.25, 0.3) is 0 Å². The molecule has 98 valence electrons. The minimum Gasteiger partial charge on any atom is -0.481 e. The number of nitrogens with zero attached hydrogens (tertiary/aromatic N) is 1. The van der Waals surface area contributed by atoms with Gasteiger partial charge in [-0.05, 0) is 12.8 Å². The van der Waals surface area contributed by atoms with Gasteiger partial charge in [0.15, 0.2) is 9.84 Å². The van der Waals surface area contributed by atoms with Gasteiger partial charge in [-0.1, -0.05) is 12.8 Å². The Balaban J connectivity index is 2.03. The van der Waals surface area contributed by atoms with Crippen molar-refractivity contribution in [2.45, 2.75) is 31.7 Å². The molecule has 0 aromatic heterocycles. The van der Waals surface area contributed by atoms with Crippen molar-refractivity contribution in [3.8, 4) is 0 Å². The smallest absolute Gasteiger partial charge is 0.308 e. The van der Waals surface area contributed by atoms with Crippen LogP contribution in [0, 0.1) is 5.92 Å². The van der Waals surface area contributed by atoms with Crippen LogP contribution in [0.25, 0.3) is 0 Å². The monoisotopic (exact) mass is 261 g/mol. The van der Waals surface area contributed by atoms with Gasteiger partial charge in [0.2, 0.25) is 0 Å². The van der Waals surface area contributed by atoms with Gasteiger partial charge in [-0.3, -0.25) is 9.69 Å². The van der Waals surface area contributed by atoms with E-state index in [9.17, 15) is 18.3 Å². The molecular weight excluding hydrogens is 242 g/mol. The van der Waals surface area contributed by atoms with Crippen LogP contribution in [0.2, 0.25) is 0 Å². The van der Waals surface area contributed by atoms with Crippen molar-refractivity contribution in [3.63, 3.8) is 0 Å². The highest BCUT2D eigenvalue weighted by Gasteiger charge is 2.36. The summed E-state index contributed by atoms with van der Waals surface area (Å²) in [6, 6.07) is 0.0387. The van der Waals surface area contributed by atoms with Crippen LogP contribution in [-0.2, 0) is 14.6 Å². The van der Waals surface area contributed by atoms with Gasteiger partial charge in [0.05, 0.1) is 17.4 Å². The Hall–Kier alpha value is -0.620. The average molecular weight is 261 g/mol. The molecule has 0 aromatic rings. The van der Waals surface area contributed by atoms with Gasteiger partial charge >= 0.3 is 5.97 Å². The van der Waals surface area contributed by atoms with E-state index in [-0.39, 0.29) is 23.5 Å². The lowest BCUT2D eigenvalue weighted by molar-refractivity contribution is -0.145. The van der Waals surface area contributed by atoms with Crippen molar-refractivity contribution in [2.24, 2.45) is 5.92 Å². The van der Waals surface area contributed by atoms with Crippen molar-refractivity contribution < 1.29 is 18.3 Å². The Morgan fingerprint density at radius 3 is 2.29 bits per heavy atom. The third-order valence-corrected chi connectivity index (χ3v) is 5.50. The molecule has 2 unspecified atom stereocenters. The molecule has 1 N–H and O–H groups in total. The fraction of sp³-hybridized carbons (Fsp3) is 0.909. The lowest BCUT2D eigenvalue weighted by Crippen LogP contribution is -2.51. The maximum atomic E-state index is 11.4. The third kappa shape index (κ3) is 2.98. The van der Waals surface area contributed by atoms with E-state index >= 15 is 0 Å². The SMILES string of the molecule is O=C(O)C1CCCCC1N1CCS(=O)(=O)CC1. The number of hydrogen-bond acceptors (Lipinski definition) is 4. The number of hydrogen-bond donors (Lipinski definition) is 1. The first-order valence-electron chi connectivity index (χ1n) is 6.17. The Bertz CT molecular complexity index is 378. The first-order valence-corrected chi connectivity index (χ1v) is 7.99. The standard InChI is InChI=1S/C11H19NO4S/c13-11(14)9-3-1-2-4-10(9)12-5-7-17(15,16)8-6-12/h9-10H,1-8H2,(H,13,14). The molecule has 1 saturated heterocycles. The van der Waals surface area contributed by atoms with Crippen LogP contribution in [0.15, 0.2) is 0 Å². The molecule has 2 aliphatic rings. The predicted octanol–water partition coefficient (Wildman–Crippen LogP) is 0.360. The second-order valence-electron chi connectivity index (χ2n) is 4.98. The molecule has 0 amide bonds. The van der Waals surface area contributed by atoms with Crippen molar-refractivity contribution in [2.75, 3.05) is 24.6 Å². The van der Waals surface area contributed by atoms with E-state index in [0.29, 0.717) is 13.1 Å². The molecule has 1 aliphatic carbocycles. The molecule has 1 aliphatic heterocycles. The number of sulfone groups is 1. The number of carbonyl (C=O) groups is 1. The number of carboxylic acids is 1. The van der Waals surface area contributed by atoms with E-state index in [1.165, 1.54) is 0 Å². The topological polar surface area (TPSA) is 74.7 Å². The first-order chi connectivity index (χ1) is 7.99. The fourth-order valence-electron chi connectivity index (χ4n) is 2.89. The first kappa shape index (κ1) is 12.8. The van der Waals surface area contributed by atoms with Crippen LogP contribution < -0.4 is 0 Å². The molecule has 5 nitrogen and oxygen atoms in total. The molecule has 17 heavy (non-hydrogen) atoms. The Morgan fingerprint density at radius 1 is 1.12 bits per heavy atom. The van der Waals surface area contributed by atoms with E-state index in [2.05, 4.69) is 4.90 Å². The summed E-state index contributed by atoms with van der Waals surface area (Å²) in [6.45, 7) is 0.994. The summed E-state index contributed by atoms with van der Waals surface area (Å²) in [4.78, 5) is 13.3. The van der Waals surface area contributed by atoms with Crippen LogP contribution in [0.3, 0.4) is 0 Å². The van der Waals surface area contributed by atoms with Crippen LogP contribution in [0.4, 0.5) is 0 Å². The van der Waals surface area contributed by atoms with Crippen LogP contribution in [0.1, 0.15) is 25.7 Å². The minimum atomic E-state index is -2.88. The van der Waals surface area contributed by atoms with Gasteiger partial charge in [-0.15, -0.1) is 0 Å². The van der Waals surface area contributed by atoms with Crippen LogP contribution in [-0.4, -0.2) is 55.0 Å². The Labute approximate surface area is 102 Å². The highest BCUT2D eigenvalue weighted by molar-refractivity contribution is 7.91. The maximum Gasteiger partial charge on any atom is 0.308 e. The van der Waals surface area contributed by atoms with Gasteiger partial charge in [-0.25, -0.2) is 8.42 Å². The molecule has 2 rings (SSSR count). The van der Waals surface area contributed by atoms with Gasteiger partial charge in [-0.2, -0.15) is 0 Å². The van der Waals surface area contributed by atoms with E-state index in [1.54, 1.807) is 0 Å². The third-order valence-electron chi connectivity index (χ3n) is 3.89. The molecule has 0 spiro atoms. The van der Waals surface area contributed by atoms with Crippen molar-refractivity contribution >= 4 is 15.8 Å². The van der Waals surface area contributed by atoms with Crippen LogP contribution >= 0.6 is 0 Å². The molecule has 0 bridgehead atoms. The van der Waals surface area contributed by atoms with Gasteiger partial charge in [0.1, 0.15) is 0 Å². The summed E-state index contributed by atoms with van der Waals surface area (Å²) < 4.78 is 22.7. The maximum absolute atomic E-state index is 11.4. The molecule has 0 radical (unpaired) electrons. The zero-order valence-corrected chi connectivity index (χ0v) is 10.7. The molecule has 2 atom stereocenters. The molecule has 1 saturated carbocycles. The second kappa shape index (κ2) is 4.94. The van der Waals surface area contributed by atoms with E-state index in [0.717, 1.165) is 25.7 Å². The number of carboxylic acid groups (broad SMARTS) is 1. The number of aliphatic carboxylic acids is 1. The number of rotatable bonds is 2. The zero-order chi connectivity index (χ0) is 12.5. The van der Waals surface area contributed by atoms with Crippen LogP contribution in [0.5, 0.6) is 0 Å². The lowest BCUT2D eigenvalue weighted by atomic mass is 9.83. The minimum absolute atomic E-state index is 0.0387. The van der Waals surface area contributed by atoms with E-state index in [1.807, 2.05) is 0 Å². The second-order valence-corrected chi connectivity index (χ2v) is 7.29. The molecular formula is C11H19NO4S. The quantitative estimate of drug-likeness (QED) is 0.777. The molecule has 1 heterocycles. The summed E-state index contributed by atoms with van der Waals surface area (Å²) in [5.74, 6) is -0.696. The fourth-order valence-corrected chi connectivity index (χ4v) is 4.12. The summed E-state index contributed by atoms with van der Waals surface area (Å²) >= 11 is 0. The van der Waals surface area contributed by atoms with Crippen molar-refractivity contribution in [1.29, 1.82) is 0 Å². The predicted molar refractivity (Wildman–Crippen MR) is 63.6 cm³/mol. The van der Waals surface area contributed by atoms with E-state index < -0.39 is 15.8 Å². The Kier molecular flexibility index (Phi) is 3.73. The largest absolute Gasteiger partial charge is 0.481 e. The summed E-state index contributed by atoms with van der Waals surface area (Å²) in [7, 11) is -2.88. The molecule has 6 heteroatoms.